The van der Waals surface area contributed by atoms with E-state index in [0.29, 0.717) is 11.1 Å². The van der Waals surface area contributed by atoms with Crippen molar-refractivity contribution in [3.05, 3.63) is 64.5 Å². The number of halogens is 3. The molecule has 0 saturated carbocycles. The van der Waals surface area contributed by atoms with Crippen LogP contribution >= 0.6 is 0 Å². The van der Waals surface area contributed by atoms with Gasteiger partial charge in [0.05, 0.1) is 0 Å². The van der Waals surface area contributed by atoms with Gasteiger partial charge in [-0.15, -0.1) is 0 Å². The molecule has 0 aliphatic heterocycles. The minimum atomic E-state index is -0.649. The minimum Gasteiger partial charge on any atom is -0.207 e. The summed E-state index contributed by atoms with van der Waals surface area (Å²) in [4.78, 5) is 0. The lowest BCUT2D eigenvalue weighted by Gasteiger charge is -2.05. The van der Waals surface area contributed by atoms with Crippen molar-refractivity contribution in [1.82, 2.24) is 0 Å². The molecule has 0 heterocycles. The quantitative estimate of drug-likeness (QED) is 0.596. The van der Waals surface area contributed by atoms with Gasteiger partial charge in [-0.25, -0.2) is 13.2 Å². The molecule has 0 N–H and O–H groups in total. The number of hydrogen-bond donors (Lipinski definition) is 0. The van der Waals surface area contributed by atoms with Gasteiger partial charge in [-0.05, 0) is 56.5 Å². The van der Waals surface area contributed by atoms with Crippen LogP contribution in [-0.4, -0.2) is 0 Å². The second-order valence-electron chi connectivity index (χ2n) is 4.72. The van der Waals surface area contributed by atoms with Gasteiger partial charge in [-0.2, -0.15) is 0 Å². The van der Waals surface area contributed by atoms with E-state index in [-0.39, 0.29) is 11.4 Å². The third kappa shape index (κ3) is 3.86. The first-order valence-electron chi connectivity index (χ1n) is 6.53. The highest BCUT2D eigenvalue weighted by Gasteiger charge is 2.09. The molecule has 0 nitrogen and oxygen atoms in total. The normalized spacial score (nSPS) is 14.3. The van der Waals surface area contributed by atoms with Crippen LogP contribution in [-0.2, 0) is 0 Å². The Labute approximate surface area is 118 Å². The first kappa shape index (κ1) is 16.3. The summed E-state index contributed by atoms with van der Waals surface area (Å²) >= 11 is 0. The van der Waals surface area contributed by atoms with E-state index < -0.39 is 11.6 Å². The van der Waals surface area contributed by atoms with Crippen molar-refractivity contribution in [3.63, 3.8) is 0 Å². The molecule has 0 atom stereocenters. The van der Waals surface area contributed by atoms with Crippen LogP contribution in [0, 0.1) is 11.6 Å². The molecule has 0 bridgehead atoms. The molecule has 20 heavy (non-hydrogen) atoms. The van der Waals surface area contributed by atoms with Crippen molar-refractivity contribution in [2.75, 3.05) is 0 Å². The molecular weight excluding hydrogens is 261 g/mol. The largest absolute Gasteiger partial charge is 0.207 e. The maximum absolute atomic E-state index is 13.9. The summed E-state index contributed by atoms with van der Waals surface area (Å²) < 4.78 is 41.0. The van der Waals surface area contributed by atoms with Crippen molar-refractivity contribution in [2.45, 2.75) is 34.1 Å². The van der Waals surface area contributed by atoms with E-state index in [9.17, 15) is 13.2 Å². The van der Waals surface area contributed by atoms with Gasteiger partial charge in [-0.1, -0.05) is 24.6 Å². The van der Waals surface area contributed by atoms with E-state index in [0.717, 1.165) is 12.0 Å². The Morgan fingerprint density at radius 2 is 1.60 bits per heavy atom. The summed E-state index contributed by atoms with van der Waals surface area (Å²) in [5, 5.41) is 0. The van der Waals surface area contributed by atoms with Crippen LogP contribution in [0.5, 0.6) is 0 Å². The minimum absolute atomic E-state index is 0.120. The summed E-state index contributed by atoms with van der Waals surface area (Å²) in [6.07, 6.45) is 3.40. The van der Waals surface area contributed by atoms with E-state index in [1.54, 1.807) is 13.8 Å². The molecule has 1 rings (SSSR count). The lowest BCUT2D eigenvalue weighted by Crippen LogP contribution is -1.92. The molecule has 0 fully saturated rings. The first-order chi connectivity index (χ1) is 9.38. The van der Waals surface area contributed by atoms with E-state index in [1.165, 1.54) is 30.4 Å². The Bertz CT molecular complexity index is 558. The zero-order valence-electron chi connectivity index (χ0n) is 12.2. The zero-order valence-corrected chi connectivity index (χ0v) is 12.2. The Hall–Kier alpha value is -1.77. The monoisotopic (exact) mass is 280 g/mol. The summed E-state index contributed by atoms with van der Waals surface area (Å²) in [5.74, 6) is -1.69. The van der Waals surface area contributed by atoms with Crippen molar-refractivity contribution in [2.24, 2.45) is 0 Å². The predicted octanol–water partition coefficient (Wildman–Crippen LogP) is 5.97. The SMILES string of the molecule is CCC(C)=C(C)C(F)=CC=C(C)c1c(F)cccc1F. The Kier molecular flexibility index (Phi) is 5.81. The van der Waals surface area contributed by atoms with Gasteiger partial charge < -0.3 is 0 Å². The van der Waals surface area contributed by atoms with Crippen LogP contribution in [0.4, 0.5) is 13.2 Å². The number of allylic oxidation sites excluding steroid dienone is 6. The van der Waals surface area contributed by atoms with E-state index in [4.69, 9.17) is 0 Å². The molecule has 0 saturated heterocycles. The highest BCUT2D eigenvalue weighted by molar-refractivity contribution is 5.66. The highest BCUT2D eigenvalue weighted by atomic mass is 19.1. The molecule has 0 aliphatic carbocycles. The molecule has 0 spiro atoms. The van der Waals surface area contributed by atoms with Gasteiger partial charge in [0.25, 0.3) is 0 Å². The fraction of sp³-hybridized carbons (Fsp3) is 0.294. The van der Waals surface area contributed by atoms with Crippen LogP contribution in [0.15, 0.2) is 47.3 Å². The molecule has 0 radical (unpaired) electrons. The molecule has 108 valence electrons. The molecular formula is C17H19F3. The van der Waals surface area contributed by atoms with Crippen LogP contribution < -0.4 is 0 Å². The number of benzene rings is 1. The molecule has 0 amide bonds. The summed E-state index contributed by atoms with van der Waals surface area (Å²) in [7, 11) is 0. The van der Waals surface area contributed by atoms with E-state index >= 15 is 0 Å². The summed E-state index contributed by atoms with van der Waals surface area (Å²) in [6, 6.07) is 3.67. The second-order valence-corrected chi connectivity index (χ2v) is 4.72. The lowest BCUT2D eigenvalue weighted by molar-refractivity contribution is 0.577. The standard InChI is InChI=1S/C17H19F3/c1-5-11(2)13(4)14(18)10-9-12(3)17-15(19)7-6-8-16(17)20/h6-10H,5H2,1-4H3. The van der Waals surface area contributed by atoms with Crippen molar-refractivity contribution in [3.8, 4) is 0 Å². The summed E-state index contributed by atoms with van der Waals surface area (Å²) in [5.41, 5.74) is 1.73. The average molecular weight is 280 g/mol. The summed E-state index contributed by atoms with van der Waals surface area (Å²) in [6.45, 7) is 7.05. The van der Waals surface area contributed by atoms with Gasteiger partial charge >= 0.3 is 0 Å². The molecule has 0 aromatic heterocycles. The highest BCUT2D eigenvalue weighted by Crippen LogP contribution is 2.23. The molecule has 0 aliphatic rings. The van der Waals surface area contributed by atoms with E-state index in [1.807, 2.05) is 13.8 Å². The third-order valence-electron chi connectivity index (χ3n) is 3.37. The maximum Gasteiger partial charge on any atom is 0.133 e. The second kappa shape index (κ2) is 7.13. The first-order valence-corrected chi connectivity index (χ1v) is 6.53. The van der Waals surface area contributed by atoms with Gasteiger partial charge in [0.1, 0.15) is 17.5 Å². The van der Waals surface area contributed by atoms with Crippen LogP contribution in [0.25, 0.3) is 5.57 Å². The molecule has 3 heteroatoms. The van der Waals surface area contributed by atoms with Crippen LogP contribution in [0.2, 0.25) is 0 Å². The molecule has 0 unspecified atom stereocenters. The molecule has 1 aromatic rings. The lowest BCUT2D eigenvalue weighted by atomic mass is 10.0. The van der Waals surface area contributed by atoms with Crippen molar-refractivity contribution < 1.29 is 13.2 Å². The third-order valence-corrected chi connectivity index (χ3v) is 3.37. The zero-order chi connectivity index (χ0) is 15.3. The van der Waals surface area contributed by atoms with Crippen LogP contribution in [0.1, 0.15) is 39.7 Å². The van der Waals surface area contributed by atoms with Gasteiger partial charge in [0.2, 0.25) is 0 Å². The van der Waals surface area contributed by atoms with Crippen LogP contribution in [0.3, 0.4) is 0 Å². The fourth-order valence-electron chi connectivity index (χ4n) is 1.75. The van der Waals surface area contributed by atoms with Crippen molar-refractivity contribution >= 4 is 5.57 Å². The Morgan fingerprint density at radius 3 is 2.10 bits per heavy atom. The fourth-order valence-corrected chi connectivity index (χ4v) is 1.75. The van der Waals surface area contributed by atoms with Gasteiger partial charge in [0, 0.05) is 5.56 Å². The topological polar surface area (TPSA) is 0 Å². The number of rotatable bonds is 4. The van der Waals surface area contributed by atoms with Gasteiger partial charge in [-0.3, -0.25) is 0 Å². The van der Waals surface area contributed by atoms with Gasteiger partial charge in [0.15, 0.2) is 0 Å². The number of hydrogen-bond acceptors (Lipinski definition) is 0. The molecule has 1 aromatic carbocycles. The Balaban J connectivity index is 3.13. The smallest absolute Gasteiger partial charge is 0.133 e. The average Bonchev–Trinajstić information content (AvgIpc) is 2.42. The van der Waals surface area contributed by atoms with E-state index in [2.05, 4.69) is 0 Å². The predicted molar refractivity (Wildman–Crippen MR) is 77.9 cm³/mol. The Morgan fingerprint density at radius 1 is 1.05 bits per heavy atom. The van der Waals surface area contributed by atoms with Crippen molar-refractivity contribution in [1.29, 1.82) is 0 Å². The maximum atomic E-state index is 13.9.